The molecule has 0 saturated heterocycles. The van der Waals surface area contributed by atoms with Crippen LogP contribution in [0.25, 0.3) is 0 Å². The molecule has 6 nitrogen and oxygen atoms in total. The summed E-state index contributed by atoms with van der Waals surface area (Å²) >= 11 is 0. The number of hydrogen-bond acceptors (Lipinski definition) is 3. The van der Waals surface area contributed by atoms with Gasteiger partial charge in [-0.25, -0.2) is 0 Å². The second-order valence-electron chi connectivity index (χ2n) is 5.01. The van der Waals surface area contributed by atoms with Gasteiger partial charge >= 0.3 is 5.97 Å². The first-order valence-corrected chi connectivity index (χ1v) is 6.64. The second-order valence-corrected chi connectivity index (χ2v) is 5.01. The van der Waals surface area contributed by atoms with Gasteiger partial charge in [0, 0.05) is 24.2 Å². The number of nitrogens with one attached hydrogen (secondary N) is 2. The van der Waals surface area contributed by atoms with Crippen LogP contribution in [0.3, 0.4) is 0 Å². The molecule has 0 bridgehead atoms. The van der Waals surface area contributed by atoms with Gasteiger partial charge in [-0.2, -0.15) is 0 Å². The molecule has 0 aliphatic heterocycles. The van der Waals surface area contributed by atoms with Gasteiger partial charge in [-0.1, -0.05) is 19.9 Å². The lowest BCUT2D eigenvalue weighted by Gasteiger charge is -2.17. The summed E-state index contributed by atoms with van der Waals surface area (Å²) in [6.07, 6.45) is 0. The number of carbonyl (C=O) groups is 3. The molecule has 6 heteroatoms. The molecule has 0 aliphatic carbocycles. The van der Waals surface area contributed by atoms with E-state index in [1.54, 1.807) is 32.0 Å². The third kappa shape index (κ3) is 4.05. The van der Waals surface area contributed by atoms with Crippen LogP contribution >= 0.6 is 0 Å². The molecule has 0 spiro atoms. The van der Waals surface area contributed by atoms with Crippen molar-refractivity contribution < 1.29 is 19.5 Å². The predicted octanol–water partition coefficient (Wildman–Crippen LogP) is 1.65. The summed E-state index contributed by atoms with van der Waals surface area (Å²) in [6.45, 7) is 4.85. The van der Waals surface area contributed by atoms with E-state index in [1.807, 2.05) is 0 Å². The van der Waals surface area contributed by atoms with Gasteiger partial charge < -0.3 is 15.7 Å². The number of carboxylic acid groups (broad SMARTS) is 1. The minimum absolute atomic E-state index is 0.252. The molecule has 0 aliphatic rings. The lowest BCUT2D eigenvalue weighted by atomic mass is 9.95. The standard InChI is InChI=1S/C15H20N2O4/c1-8-5-6-11(14(19)16-4)7-12(8)17-13(18)9(2)10(3)15(20)21/h5-7,9-10H,1-4H3,(H,16,19)(H,17,18)(H,20,21). The fourth-order valence-electron chi connectivity index (χ4n) is 1.73. The number of benzene rings is 1. The van der Waals surface area contributed by atoms with E-state index in [4.69, 9.17) is 5.11 Å². The number of carboxylic acids is 1. The van der Waals surface area contributed by atoms with Gasteiger partial charge in [-0.05, 0) is 24.6 Å². The van der Waals surface area contributed by atoms with Crippen LogP contribution in [-0.4, -0.2) is 29.9 Å². The van der Waals surface area contributed by atoms with Crippen molar-refractivity contribution in [2.45, 2.75) is 20.8 Å². The first-order chi connectivity index (χ1) is 9.77. The molecule has 1 aromatic rings. The van der Waals surface area contributed by atoms with Crippen LogP contribution in [0.4, 0.5) is 5.69 Å². The fraction of sp³-hybridized carbons (Fsp3) is 0.400. The maximum atomic E-state index is 12.1. The van der Waals surface area contributed by atoms with E-state index >= 15 is 0 Å². The van der Waals surface area contributed by atoms with E-state index in [-0.39, 0.29) is 11.8 Å². The number of amides is 2. The second kappa shape index (κ2) is 6.88. The molecule has 0 radical (unpaired) electrons. The van der Waals surface area contributed by atoms with E-state index in [1.165, 1.54) is 14.0 Å². The number of anilines is 1. The van der Waals surface area contributed by atoms with Gasteiger partial charge in [0.25, 0.3) is 5.91 Å². The van der Waals surface area contributed by atoms with Crippen LogP contribution in [0.2, 0.25) is 0 Å². The van der Waals surface area contributed by atoms with Gasteiger partial charge in [0.2, 0.25) is 5.91 Å². The molecule has 2 atom stereocenters. The van der Waals surface area contributed by atoms with Gasteiger partial charge in [0.15, 0.2) is 0 Å². The first-order valence-electron chi connectivity index (χ1n) is 6.64. The van der Waals surface area contributed by atoms with Crippen molar-refractivity contribution in [3.8, 4) is 0 Å². The summed E-state index contributed by atoms with van der Waals surface area (Å²) in [5.74, 6) is -3.12. The third-order valence-corrected chi connectivity index (χ3v) is 3.54. The summed E-state index contributed by atoms with van der Waals surface area (Å²) in [7, 11) is 1.52. The smallest absolute Gasteiger partial charge is 0.307 e. The monoisotopic (exact) mass is 292 g/mol. The van der Waals surface area contributed by atoms with Crippen LogP contribution in [0, 0.1) is 18.8 Å². The maximum Gasteiger partial charge on any atom is 0.307 e. The van der Waals surface area contributed by atoms with E-state index < -0.39 is 17.8 Å². The van der Waals surface area contributed by atoms with Crippen molar-refractivity contribution in [3.63, 3.8) is 0 Å². The Morgan fingerprint density at radius 2 is 1.76 bits per heavy atom. The molecule has 1 aromatic carbocycles. The number of rotatable bonds is 5. The third-order valence-electron chi connectivity index (χ3n) is 3.54. The predicted molar refractivity (Wildman–Crippen MR) is 79.2 cm³/mol. The minimum atomic E-state index is -1.02. The Balaban J connectivity index is 2.94. The highest BCUT2D eigenvalue weighted by Crippen LogP contribution is 2.20. The number of aliphatic carboxylic acids is 1. The topological polar surface area (TPSA) is 95.5 Å². The Morgan fingerprint density at radius 1 is 1.14 bits per heavy atom. The van der Waals surface area contributed by atoms with Crippen molar-refractivity contribution in [2.24, 2.45) is 11.8 Å². The molecule has 0 saturated carbocycles. The van der Waals surface area contributed by atoms with E-state index in [0.717, 1.165) is 5.56 Å². The highest BCUT2D eigenvalue weighted by atomic mass is 16.4. The van der Waals surface area contributed by atoms with Gasteiger partial charge in [0.1, 0.15) is 0 Å². The van der Waals surface area contributed by atoms with Crippen molar-refractivity contribution in [3.05, 3.63) is 29.3 Å². The van der Waals surface area contributed by atoms with Gasteiger partial charge in [-0.3, -0.25) is 14.4 Å². The SMILES string of the molecule is CNC(=O)c1ccc(C)c(NC(=O)C(C)C(C)C(=O)O)c1. The molecule has 3 N–H and O–H groups in total. The van der Waals surface area contributed by atoms with Crippen molar-refractivity contribution >= 4 is 23.5 Å². The molecule has 0 aromatic heterocycles. The van der Waals surface area contributed by atoms with Crippen molar-refractivity contribution in [2.75, 3.05) is 12.4 Å². The van der Waals surface area contributed by atoms with Gasteiger partial charge in [-0.15, -0.1) is 0 Å². The highest BCUT2D eigenvalue weighted by Gasteiger charge is 2.26. The molecule has 0 heterocycles. The van der Waals surface area contributed by atoms with Crippen LogP contribution in [0.15, 0.2) is 18.2 Å². The van der Waals surface area contributed by atoms with Crippen LogP contribution < -0.4 is 10.6 Å². The molecule has 114 valence electrons. The van der Waals surface area contributed by atoms with Crippen molar-refractivity contribution in [1.29, 1.82) is 0 Å². The molecule has 2 unspecified atom stereocenters. The highest BCUT2D eigenvalue weighted by molar-refractivity contribution is 5.98. The zero-order valence-electron chi connectivity index (χ0n) is 12.6. The van der Waals surface area contributed by atoms with E-state index in [2.05, 4.69) is 10.6 Å². The Hall–Kier alpha value is -2.37. The van der Waals surface area contributed by atoms with E-state index in [0.29, 0.717) is 11.3 Å². The Labute approximate surface area is 123 Å². The van der Waals surface area contributed by atoms with Crippen LogP contribution in [0.1, 0.15) is 29.8 Å². The van der Waals surface area contributed by atoms with Crippen LogP contribution in [0.5, 0.6) is 0 Å². The van der Waals surface area contributed by atoms with Crippen molar-refractivity contribution in [1.82, 2.24) is 5.32 Å². The molecular formula is C15H20N2O4. The Bertz CT molecular complexity index is 569. The lowest BCUT2D eigenvalue weighted by Crippen LogP contribution is -2.30. The zero-order chi connectivity index (χ0) is 16.2. The van der Waals surface area contributed by atoms with Crippen LogP contribution in [-0.2, 0) is 9.59 Å². The van der Waals surface area contributed by atoms with Gasteiger partial charge in [0.05, 0.1) is 5.92 Å². The molecule has 1 rings (SSSR count). The minimum Gasteiger partial charge on any atom is -0.481 e. The average Bonchev–Trinajstić information content (AvgIpc) is 2.46. The summed E-state index contributed by atoms with van der Waals surface area (Å²) in [5.41, 5.74) is 1.73. The molecule has 21 heavy (non-hydrogen) atoms. The number of hydrogen-bond donors (Lipinski definition) is 3. The Kier molecular flexibility index (Phi) is 5.46. The molecule has 0 fully saturated rings. The number of aryl methyl sites for hydroxylation is 1. The summed E-state index contributed by atoms with van der Waals surface area (Å²) in [6, 6.07) is 4.96. The quantitative estimate of drug-likeness (QED) is 0.769. The lowest BCUT2D eigenvalue weighted by molar-refractivity contribution is -0.145. The normalized spacial score (nSPS) is 13.1. The summed E-state index contributed by atoms with van der Waals surface area (Å²) in [5, 5.41) is 14.1. The zero-order valence-corrected chi connectivity index (χ0v) is 12.6. The maximum absolute atomic E-state index is 12.1. The first kappa shape index (κ1) is 16.7. The largest absolute Gasteiger partial charge is 0.481 e. The average molecular weight is 292 g/mol. The van der Waals surface area contributed by atoms with E-state index in [9.17, 15) is 14.4 Å². The molecule has 2 amide bonds. The summed E-state index contributed by atoms with van der Waals surface area (Å²) < 4.78 is 0. The summed E-state index contributed by atoms with van der Waals surface area (Å²) in [4.78, 5) is 34.6. The fourth-order valence-corrected chi connectivity index (χ4v) is 1.73. The molecular weight excluding hydrogens is 272 g/mol. The Morgan fingerprint density at radius 3 is 2.29 bits per heavy atom. The number of carbonyl (C=O) groups excluding carboxylic acids is 2.